The monoisotopic (exact) mass is 291 g/mol. The number of hydrogen-bond acceptors (Lipinski definition) is 4. The van der Waals surface area contributed by atoms with Gasteiger partial charge in [0.15, 0.2) is 0 Å². The Bertz CT molecular complexity index is 527. The fraction of sp³-hybridized carbons (Fsp3) is 0.600. The standard InChI is InChI=1S/C15H25N5O/c1-11-9-18-19(5)15(11)13(16-3)8-14(17-4)20-6-7-21-10-12(20)2/h8-9,12,16H,6-7,10H2,1-5H3/b13-8-,17-14?/t12-/m1/s1. The fourth-order valence-electron chi connectivity index (χ4n) is 2.67. The van der Waals surface area contributed by atoms with Gasteiger partial charge < -0.3 is 15.0 Å². The zero-order chi connectivity index (χ0) is 15.4. The molecule has 0 spiro atoms. The van der Waals surface area contributed by atoms with Crippen LogP contribution in [-0.2, 0) is 11.8 Å². The number of aromatic nitrogens is 2. The third-order valence-electron chi connectivity index (χ3n) is 3.81. The van der Waals surface area contributed by atoms with Crippen LogP contribution < -0.4 is 5.32 Å². The van der Waals surface area contributed by atoms with Gasteiger partial charge in [-0.1, -0.05) is 0 Å². The van der Waals surface area contributed by atoms with Crippen LogP contribution in [0.25, 0.3) is 5.70 Å². The second kappa shape index (κ2) is 6.76. The normalized spacial score (nSPS) is 20.8. The van der Waals surface area contributed by atoms with E-state index in [1.165, 1.54) is 0 Å². The molecule has 2 rings (SSSR count). The van der Waals surface area contributed by atoms with E-state index in [-0.39, 0.29) is 0 Å². The molecule has 6 heteroatoms. The number of hydrogen-bond donors (Lipinski definition) is 1. The van der Waals surface area contributed by atoms with Crippen molar-refractivity contribution in [3.05, 3.63) is 23.5 Å². The van der Waals surface area contributed by atoms with Gasteiger partial charge in [-0.2, -0.15) is 5.10 Å². The van der Waals surface area contributed by atoms with Crippen molar-refractivity contribution in [3.8, 4) is 0 Å². The van der Waals surface area contributed by atoms with Gasteiger partial charge in [0.2, 0.25) is 0 Å². The molecule has 6 nitrogen and oxygen atoms in total. The van der Waals surface area contributed by atoms with Crippen LogP contribution in [0.1, 0.15) is 18.2 Å². The van der Waals surface area contributed by atoms with E-state index in [2.05, 4.69) is 40.2 Å². The first-order valence-electron chi connectivity index (χ1n) is 7.28. The summed E-state index contributed by atoms with van der Waals surface area (Å²) in [5.41, 5.74) is 3.25. The number of aliphatic imine (C=N–C) groups is 1. The summed E-state index contributed by atoms with van der Waals surface area (Å²) in [4.78, 5) is 6.74. The lowest BCUT2D eigenvalue weighted by Gasteiger charge is -2.35. The highest BCUT2D eigenvalue weighted by Crippen LogP contribution is 2.17. The zero-order valence-electron chi connectivity index (χ0n) is 13.6. The Balaban J connectivity index is 2.33. The van der Waals surface area contributed by atoms with Crippen molar-refractivity contribution in [2.75, 3.05) is 33.9 Å². The Kier molecular flexibility index (Phi) is 5.01. The lowest BCUT2D eigenvalue weighted by molar-refractivity contribution is 0.0336. The van der Waals surface area contributed by atoms with E-state index < -0.39 is 0 Å². The van der Waals surface area contributed by atoms with E-state index in [4.69, 9.17) is 4.74 Å². The molecule has 2 heterocycles. The molecule has 1 aliphatic rings. The van der Waals surface area contributed by atoms with Crippen molar-refractivity contribution in [2.45, 2.75) is 19.9 Å². The van der Waals surface area contributed by atoms with Gasteiger partial charge in [0.1, 0.15) is 5.84 Å². The van der Waals surface area contributed by atoms with Crippen molar-refractivity contribution < 1.29 is 4.74 Å². The molecule has 1 N–H and O–H groups in total. The van der Waals surface area contributed by atoms with E-state index in [0.29, 0.717) is 6.04 Å². The van der Waals surface area contributed by atoms with Crippen LogP contribution in [0, 0.1) is 6.92 Å². The highest BCUT2D eigenvalue weighted by Gasteiger charge is 2.21. The first kappa shape index (κ1) is 15.6. The Morgan fingerprint density at radius 1 is 1.57 bits per heavy atom. The van der Waals surface area contributed by atoms with Gasteiger partial charge in [0.25, 0.3) is 0 Å². The first-order valence-corrected chi connectivity index (χ1v) is 7.28. The molecular formula is C15H25N5O. The van der Waals surface area contributed by atoms with Crippen LogP contribution in [0.15, 0.2) is 17.3 Å². The molecule has 0 aromatic carbocycles. The summed E-state index contributed by atoms with van der Waals surface area (Å²) in [5, 5.41) is 7.57. The Labute approximate surface area is 126 Å². The number of aryl methyl sites for hydroxylation is 2. The fourth-order valence-corrected chi connectivity index (χ4v) is 2.67. The SMILES string of the molecule is CN=C(/C=C(\NC)c1c(C)cnn1C)N1CCOC[C@H]1C. The maximum Gasteiger partial charge on any atom is 0.125 e. The van der Waals surface area contributed by atoms with Gasteiger partial charge >= 0.3 is 0 Å². The lowest BCUT2D eigenvalue weighted by Crippen LogP contribution is -2.46. The van der Waals surface area contributed by atoms with Crippen molar-refractivity contribution in [1.82, 2.24) is 20.0 Å². The number of amidine groups is 1. The number of rotatable bonds is 3. The molecule has 0 bridgehead atoms. The Hall–Kier alpha value is -1.82. The summed E-state index contributed by atoms with van der Waals surface area (Å²) in [6.45, 7) is 6.58. The summed E-state index contributed by atoms with van der Waals surface area (Å²) in [6.07, 6.45) is 3.96. The molecule has 0 radical (unpaired) electrons. The summed E-state index contributed by atoms with van der Waals surface area (Å²) in [6, 6.07) is 0.333. The summed E-state index contributed by atoms with van der Waals surface area (Å²) in [7, 11) is 5.71. The van der Waals surface area contributed by atoms with E-state index in [1.54, 1.807) is 0 Å². The first-order chi connectivity index (χ1) is 10.1. The Morgan fingerprint density at radius 3 is 2.86 bits per heavy atom. The molecule has 1 fully saturated rings. The molecule has 1 atom stereocenters. The number of ether oxygens (including phenoxy) is 1. The molecule has 116 valence electrons. The predicted octanol–water partition coefficient (Wildman–Crippen LogP) is 1.04. The third kappa shape index (κ3) is 3.26. The van der Waals surface area contributed by atoms with E-state index in [0.717, 1.165) is 42.5 Å². The van der Waals surface area contributed by atoms with Crippen LogP contribution in [0.2, 0.25) is 0 Å². The smallest absolute Gasteiger partial charge is 0.125 e. The largest absolute Gasteiger partial charge is 0.386 e. The molecule has 1 aromatic heterocycles. The van der Waals surface area contributed by atoms with Crippen molar-refractivity contribution in [3.63, 3.8) is 0 Å². The minimum absolute atomic E-state index is 0.333. The van der Waals surface area contributed by atoms with Crippen LogP contribution >= 0.6 is 0 Å². The average Bonchev–Trinajstić information content (AvgIpc) is 2.81. The zero-order valence-corrected chi connectivity index (χ0v) is 13.6. The van der Waals surface area contributed by atoms with Crippen LogP contribution in [-0.4, -0.2) is 60.4 Å². The van der Waals surface area contributed by atoms with E-state index in [1.807, 2.05) is 32.0 Å². The van der Waals surface area contributed by atoms with Crippen LogP contribution in [0.5, 0.6) is 0 Å². The van der Waals surface area contributed by atoms with E-state index in [9.17, 15) is 0 Å². The van der Waals surface area contributed by atoms with Crippen LogP contribution in [0.3, 0.4) is 0 Å². The van der Waals surface area contributed by atoms with Gasteiger partial charge in [-0.3, -0.25) is 9.67 Å². The third-order valence-corrected chi connectivity index (χ3v) is 3.81. The molecule has 1 aliphatic heterocycles. The maximum atomic E-state index is 5.50. The highest BCUT2D eigenvalue weighted by atomic mass is 16.5. The van der Waals surface area contributed by atoms with Crippen molar-refractivity contribution in [2.24, 2.45) is 12.0 Å². The van der Waals surface area contributed by atoms with Gasteiger partial charge in [0.05, 0.1) is 36.8 Å². The van der Waals surface area contributed by atoms with E-state index >= 15 is 0 Å². The minimum Gasteiger partial charge on any atom is -0.386 e. The molecule has 21 heavy (non-hydrogen) atoms. The average molecular weight is 291 g/mol. The molecule has 1 aromatic rings. The molecule has 0 unspecified atom stereocenters. The second-order valence-corrected chi connectivity index (χ2v) is 5.31. The summed E-state index contributed by atoms with van der Waals surface area (Å²) >= 11 is 0. The highest BCUT2D eigenvalue weighted by molar-refractivity contribution is 5.99. The topological polar surface area (TPSA) is 54.7 Å². The minimum atomic E-state index is 0.333. The number of nitrogens with zero attached hydrogens (tertiary/aromatic N) is 4. The van der Waals surface area contributed by atoms with Gasteiger partial charge in [0, 0.05) is 33.8 Å². The molecule has 0 aliphatic carbocycles. The predicted molar refractivity (Wildman–Crippen MR) is 85.3 cm³/mol. The molecule has 1 saturated heterocycles. The van der Waals surface area contributed by atoms with Gasteiger partial charge in [-0.15, -0.1) is 0 Å². The number of morpholine rings is 1. The van der Waals surface area contributed by atoms with Crippen molar-refractivity contribution >= 4 is 11.5 Å². The summed E-state index contributed by atoms with van der Waals surface area (Å²) in [5.74, 6) is 0.968. The number of nitrogens with one attached hydrogen (secondary N) is 1. The Morgan fingerprint density at radius 2 is 2.33 bits per heavy atom. The lowest BCUT2D eigenvalue weighted by atomic mass is 10.1. The van der Waals surface area contributed by atoms with Crippen LogP contribution in [0.4, 0.5) is 0 Å². The molecule has 0 saturated carbocycles. The molecule has 0 amide bonds. The van der Waals surface area contributed by atoms with Gasteiger partial charge in [-0.05, 0) is 19.4 Å². The van der Waals surface area contributed by atoms with Gasteiger partial charge in [-0.25, -0.2) is 0 Å². The maximum absolute atomic E-state index is 5.50. The van der Waals surface area contributed by atoms with Crippen molar-refractivity contribution in [1.29, 1.82) is 0 Å². The summed E-state index contributed by atoms with van der Waals surface area (Å²) < 4.78 is 7.38. The molecular weight excluding hydrogens is 266 g/mol. The quantitative estimate of drug-likeness (QED) is 0.668. The second-order valence-electron chi connectivity index (χ2n) is 5.31.